The van der Waals surface area contributed by atoms with Crippen LogP contribution >= 0.6 is 15.9 Å². The van der Waals surface area contributed by atoms with Gasteiger partial charge in [0.25, 0.3) is 0 Å². The molecule has 3 fully saturated rings. The van der Waals surface area contributed by atoms with Crippen molar-refractivity contribution in [1.82, 2.24) is 15.2 Å². The highest BCUT2D eigenvalue weighted by molar-refractivity contribution is 9.10. The lowest BCUT2D eigenvalue weighted by Crippen LogP contribution is -2.55. The minimum Gasteiger partial charge on any atom is -0.339 e. The zero-order chi connectivity index (χ0) is 23.8. The fourth-order valence-electron chi connectivity index (χ4n) is 7.92. The van der Waals surface area contributed by atoms with E-state index in [1.807, 2.05) is 0 Å². The van der Waals surface area contributed by atoms with Gasteiger partial charge in [-0.2, -0.15) is 0 Å². The number of hydrogen-bond acceptors (Lipinski definition) is 3. The number of aryl methyl sites for hydroxylation is 1. The van der Waals surface area contributed by atoms with E-state index >= 15 is 0 Å². The summed E-state index contributed by atoms with van der Waals surface area (Å²) in [6, 6.07) is 15.7. The standard InChI is InChI=1S/C30H38BrN3O/c31-28-14-13-24-26(33-28)12-7-16-30(24)20-32-19-25(30)29(35)34-17-15-23(21-8-3-1-4-9-21)18-27(34)22-10-5-2-6-11-22/h1,3-4,8-9,13-14,22-23,25,27,32H,2,5-7,10-12,15-20H2/t23-,25+,27+,30+/m1/s1. The third-order valence-corrected chi connectivity index (χ3v) is 10.1. The minimum absolute atomic E-state index is 0.0175. The Balaban J connectivity index is 1.30. The van der Waals surface area contributed by atoms with Gasteiger partial charge in [-0.05, 0) is 89.9 Å². The Labute approximate surface area is 218 Å². The van der Waals surface area contributed by atoms with Gasteiger partial charge in [0.1, 0.15) is 4.60 Å². The van der Waals surface area contributed by atoms with Gasteiger partial charge in [0.05, 0.1) is 5.92 Å². The van der Waals surface area contributed by atoms with Gasteiger partial charge in [0.15, 0.2) is 0 Å². The largest absolute Gasteiger partial charge is 0.339 e. The molecule has 186 valence electrons. The average molecular weight is 537 g/mol. The first kappa shape index (κ1) is 23.7. The number of pyridine rings is 1. The Kier molecular flexibility index (Phi) is 6.74. The van der Waals surface area contributed by atoms with Crippen molar-refractivity contribution in [1.29, 1.82) is 0 Å². The number of fused-ring (bicyclic) bond motifs is 2. The van der Waals surface area contributed by atoms with Gasteiger partial charge in [-0.3, -0.25) is 4.79 Å². The van der Waals surface area contributed by atoms with Crippen LogP contribution in [0.1, 0.15) is 80.5 Å². The molecule has 1 saturated carbocycles. The van der Waals surface area contributed by atoms with Crippen molar-refractivity contribution in [3.05, 3.63) is 63.9 Å². The number of likely N-dealkylation sites (tertiary alicyclic amines) is 1. The lowest BCUT2D eigenvalue weighted by molar-refractivity contribution is -0.143. The summed E-state index contributed by atoms with van der Waals surface area (Å²) in [5, 5.41) is 3.65. The van der Waals surface area contributed by atoms with Gasteiger partial charge in [-0.15, -0.1) is 0 Å². The van der Waals surface area contributed by atoms with E-state index in [1.165, 1.54) is 48.9 Å². The fourth-order valence-corrected chi connectivity index (χ4v) is 8.26. The summed E-state index contributed by atoms with van der Waals surface area (Å²) in [5.41, 5.74) is 3.87. The Morgan fingerprint density at radius 2 is 1.86 bits per heavy atom. The number of nitrogens with zero attached hydrogens (tertiary/aromatic N) is 2. The van der Waals surface area contributed by atoms with E-state index in [0.717, 1.165) is 56.3 Å². The van der Waals surface area contributed by atoms with Gasteiger partial charge < -0.3 is 10.2 Å². The molecule has 3 heterocycles. The predicted octanol–water partition coefficient (Wildman–Crippen LogP) is 5.99. The SMILES string of the molecule is O=C([C@@H]1CNC[C@]12CCCc1nc(Br)ccc12)N1CC[C@@H](c2ccccc2)C[C@H]1C1CCCCC1. The second-order valence-electron chi connectivity index (χ2n) is 11.5. The predicted molar refractivity (Wildman–Crippen MR) is 143 cm³/mol. The number of amides is 1. The van der Waals surface area contributed by atoms with Crippen molar-refractivity contribution in [3.63, 3.8) is 0 Å². The first-order valence-corrected chi connectivity index (χ1v) is 14.7. The molecule has 4 aliphatic rings. The van der Waals surface area contributed by atoms with Crippen molar-refractivity contribution in [2.75, 3.05) is 19.6 Å². The van der Waals surface area contributed by atoms with E-state index in [0.29, 0.717) is 23.8 Å². The molecular weight excluding hydrogens is 498 g/mol. The molecule has 0 unspecified atom stereocenters. The molecule has 4 nitrogen and oxygen atoms in total. The fraction of sp³-hybridized carbons (Fsp3) is 0.600. The van der Waals surface area contributed by atoms with Crippen molar-refractivity contribution < 1.29 is 4.79 Å². The van der Waals surface area contributed by atoms with Crippen LogP contribution in [0.3, 0.4) is 0 Å². The van der Waals surface area contributed by atoms with Gasteiger partial charge in [-0.25, -0.2) is 4.98 Å². The molecule has 0 bridgehead atoms. The molecule has 1 N–H and O–H groups in total. The Morgan fingerprint density at radius 1 is 1.03 bits per heavy atom. The van der Waals surface area contributed by atoms with E-state index < -0.39 is 0 Å². The summed E-state index contributed by atoms with van der Waals surface area (Å²) in [5.74, 6) is 1.65. The monoisotopic (exact) mass is 535 g/mol. The molecule has 5 heteroatoms. The van der Waals surface area contributed by atoms with Crippen molar-refractivity contribution in [2.24, 2.45) is 11.8 Å². The molecule has 6 rings (SSSR count). The number of piperidine rings is 1. The van der Waals surface area contributed by atoms with Gasteiger partial charge in [0.2, 0.25) is 5.91 Å². The van der Waals surface area contributed by atoms with Crippen LogP contribution in [0.5, 0.6) is 0 Å². The van der Waals surface area contributed by atoms with Crippen LogP contribution in [-0.4, -0.2) is 41.5 Å². The zero-order valence-electron chi connectivity index (χ0n) is 20.7. The minimum atomic E-state index is -0.105. The van der Waals surface area contributed by atoms with Crippen LogP contribution < -0.4 is 5.32 Å². The maximum atomic E-state index is 14.5. The van der Waals surface area contributed by atoms with E-state index in [9.17, 15) is 4.79 Å². The summed E-state index contributed by atoms with van der Waals surface area (Å²) in [4.78, 5) is 21.7. The molecule has 1 aromatic heterocycles. The second kappa shape index (κ2) is 9.97. The molecule has 2 aliphatic heterocycles. The molecule has 0 radical (unpaired) electrons. The van der Waals surface area contributed by atoms with E-state index in [-0.39, 0.29) is 11.3 Å². The molecule has 1 spiro atoms. The summed E-state index contributed by atoms with van der Waals surface area (Å²) < 4.78 is 0.905. The molecule has 1 amide bonds. The summed E-state index contributed by atoms with van der Waals surface area (Å²) in [7, 11) is 0. The number of benzene rings is 1. The maximum Gasteiger partial charge on any atom is 0.228 e. The van der Waals surface area contributed by atoms with Crippen molar-refractivity contribution in [2.45, 2.75) is 81.6 Å². The molecule has 2 aliphatic carbocycles. The lowest BCUT2D eigenvalue weighted by atomic mass is 9.64. The molecule has 4 atom stereocenters. The zero-order valence-corrected chi connectivity index (χ0v) is 22.3. The van der Waals surface area contributed by atoms with Crippen LogP contribution in [0.15, 0.2) is 47.1 Å². The quantitative estimate of drug-likeness (QED) is 0.490. The highest BCUT2D eigenvalue weighted by Gasteiger charge is 2.52. The van der Waals surface area contributed by atoms with E-state index in [2.05, 4.69) is 68.6 Å². The second-order valence-corrected chi connectivity index (χ2v) is 12.3. The van der Waals surface area contributed by atoms with Crippen LogP contribution in [0.25, 0.3) is 0 Å². The molecular formula is C30H38BrN3O. The Bertz CT molecular complexity index is 1050. The van der Waals surface area contributed by atoms with Crippen LogP contribution in [-0.2, 0) is 16.6 Å². The van der Waals surface area contributed by atoms with Crippen molar-refractivity contribution >= 4 is 21.8 Å². The number of halogens is 1. The van der Waals surface area contributed by atoms with E-state index in [4.69, 9.17) is 4.98 Å². The van der Waals surface area contributed by atoms with Gasteiger partial charge in [0, 0.05) is 36.8 Å². The normalized spacial score (nSPS) is 31.5. The van der Waals surface area contributed by atoms with E-state index in [1.54, 1.807) is 0 Å². The number of nitrogens with one attached hydrogen (secondary N) is 1. The summed E-state index contributed by atoms with van der Waals surface area (Å²) in [6.45, 7) is 2.59. The highest BCUT2D eigenvalue weighted by Crippen LogP contribution is 2.47. The maximum absolute atomic E-state index is 14.5. The first-order valence-electron chi connectivity index (χ1n) is 13.9. The molecule has 35 heavy (non-hydrogen) atoms. The number of aromatic nitrogens is 1. The lowest BCUT2D eigenvalue weighted by Gasteiger charge is -2.48. The number of carbonyl (C=O) groups is 1. The molecule has 1 aromatic carbocycles. The summed E-state index contributed by atoms with van der Waals surface area (Å²) >= 11 is 3.57. The number of hydrogen-bond donors (Lipinski definition) is 1. The van der Waals surface area contributed by atoms with Gasteiger partial charge >= 0.3 is 0 Å². The number of carbonyl (C=O) groups excluding carboxylic acids is 1. The van der Waals surface area contributed by atoms with Gasteiger partial charge in [-0.1, -0.05) is 55.7 Å². The molecule has 2 saturated heterocycles. The van der Waals surface area contributed by atoms with Crippen LogP contribution in [0.4, 0.5) is 0 Å². The van der Waals surface area contributed by atoms with Crippen LogP contribution in [0, 0.1) is 11.8 Å². The third-order valence-electron chi connectivity index (χ3n) is 9.66. The Morgan fingerprint density at radius 3 is 2.69 bits per heavy atom. The molecule has 2 aromatic rings. The Hall–Kier alpha value is -1.72. The van der Waals surface area contributed by atoms with Crippen LogP contribution in [0.2, 0.25) is 0 Å². The topological polar surface area (TPSA) is 45.2 Å². The highest BCUT2D eigenvalue weighted by atomic mass is 79.9. The number of rotatable bonds is 3. The smallest absolute Gasteiger partial charge is 0.228 e. The third kappa shape index (κ3) is 4.37. The van der Waals surface area contributed by atoms with Crippen molar-refractivity contribution in [3.8, 4) is 0 Å². The first-order chi connectivity index (χ1) is 17.2. The average Bonchev–Trinajstić information content (AvgIpc) is 3.32. The summed E-state index contributed by atoms with van der Waals surface area (Å²) in [6.07, 6.45) is 12.0.